The van der Waals surface area contributed by atoms with Crippen LogP contribution in [0.4, 0.5) is 5.13 Å². The molecule has 156 valence electrons. The Morgan fingerprint density at radius 2 is 1.93 bits per heavy atom. The summed E-state index contributed by atoms with van der Waals surface area (Å²) in [5.74, 6) is -0.872. The van der Waals surface area contributed by atoms with Crippen LogP contribution in [0.1, 0.15) is 27.2 Å². The molecule has 0 aliphatic carbocycles. The fourth-order valence-electron chi connectivity index (χ4n) is 2.92. The molecule has 1 aromatic heterocycles. The molecule has 0 unspecified atom stereocenters. The van der Waals surface area contributed by atoms with Gasteiger partial charge in [0, 0.05) is 23.7 Å². The number of ether oxygens (including phenoxy) is 1. The summed E-state index contributed by atoms with van der Waals surface area (Å²) in [6.07, 6.45) is 0.195. The number of benzene rings is 2. The van der Waals surface area contributed by atoms with Crippen LogP contribution in [0.3, 0.4) is 0 Å². The molecule has 0 saturated heterocycles. The van der Waals surface area contributed by atoms with Gasteiger partial charge in [-0.1, -0.05) is 65.4 Å². The van der Waals surface area contributed by atoms with Crippen molar-refractivity contribution in [3.8, 4) is 11.3 Å². The standard InChI is InChI=1S/C22H22ClN3O3S/c1-14-8-9-16(12-17(14)23)19-20(21(24)28)30-22(25-19)26(11-10-18(27)29-2)13-15-6-4-3-5-7-15/h3-9,12H,10-11,13H2,1-2H3,(H2,24,28). The fourth-order valence-corrected chi connectivity index (χ4v) is 4.07. The minimum atomic E-state index is -0.557. The molecule has 0 saturated carbocycles. The van der Waals surface area contributed by atoms with Crippen molar-refractivity contribution in [1.29, 1.82) is 0 Å². The summed E-state index contributed by atoms with van der Waals surface area (Å²) >= 11 is 7.47. The monoisotopic (exact) mass is 443 g/mol. The molecule has 0 fully saturated rings. The average molecular weight is 444 g/mol. The lowest BCUT2D eigenvalue weighted by Gasteiger charge is -2.21. The van der Waals surface area contributed by atoms with Crippen LogP contribution in [0.15, 0.2) is 48.5 Å². The van der Waals surface area contributed by atoms with Crippen molar-refractivity contribution in [2.45, 2.75) is 19.9 Å². The minimum Gasteiger partial charge on any atom is -0.469 e. The zero-order valence-corrected chi connectivity index (χ0v) is 18.3. The molecule has 0 radical (unpaired) electrons. The topological polar surface area (TPSA) is 85.5 Å². The third-order valence-corrected chi connectivity index (χ3v) is 6.12. The normalized spacial score (nSPS) is 10.6. The lowest BCUT2D eigenvalue weighted by Crippen LogP contribution is -2.26. The number of halogens is 1. The number of hydrogen-bond acceptors (Lipinski definition) is 6. The number of aryl methyl sites for hydroxylation is 1. The zero-order chi connectivity index (χ0) is 21.7. The Morgan fingerprint density at radius 3 is 2.57 bits per heavy atom. The Kier molecular flexibility index (Phi) is 7.07. The van der Waals surface area contributed by atoms with E-state index in [1.807, 2.05) is 54.3 Å². The van der Waals surface area contributed by atoms with Gasteiger partial charge >= 0.3 is 5.97 Å². The molecule has 1 heterocycles. The van der Waals surface area contributed by atoms with E-state index in [4.69, 9.17) is 27.1 Å². The van der Waals surface area contributed by atoms with E-state index < -0.39 is 5.91 Å². The summed E-state index contributed by atoms with van der Waals surface area (Å²) in [6.45, 7) is 2.82. The number of methoxy groups -OCH3 is 1. The molecular formula is C22H22ClN3O3S. The minimum absolute atomic E-state index is 0.195. The van der Waals surface area contributed by atoms with Gasteiger partial charge in [0.05, 0.1) is 19.2 Å². The number of anilines is 1. The molecule has 2 N–H and O–H groups in total. The van der Waals surface area contributed by atoms with Gasteiger partial charge in [0.1, 0.15) is 4.88 Å². The lowest BCUT2D eigenvalue weighted by molar-refractivity contribution is -0.140. The van der Waals surface area contributed by atoms with Gasteiger partial charge in [-0.05, 0) is 24.1 Å². The molecule has 3 aromatic rings. The number of thiazole rings is 1. The molecule has 8 heteroatoms. The molecule has 3 rings (SSSR count). The second-order valence-corrected chi connectivity index (χ2v) is 8.12. The number of carbonyl (C=O) groups is 2. The Morgan fingerprint density at radius 1 is 1.20 bits per heavy atom. The maximum Gasteiger partial charge on any atom is 0.307 e. The highest BCUT2D eigenvalue weighted by atomic mass is 35.5. The SMILES string of the molecule is COC(=O)CCN(Cc1ccccc1)c1nc(-c2ccc(C)c(Cl)c2)c(C(N)=O)s1. The van der Waals surface area contributed by atoms with E-state index in [1.54, 1.807) is 6.07 Å². The van der Waals surface area contributed by atoms with Gasteiger partial charge in [-0.15, -0.1) is 0 Å². The molecule has 30 heavy (non-hydrogen) atoms. The second-order valence-electron chi connectivity index (χ2n) is 6.74. The van der Waals surface area contributed by atoms with E-state index in [0.717, 1.165) is 16.7 Å². The quantitative estimate of drug-likeness (QED) is 0.520. The van der Waals surface area contributed by atoms with E-state index in [1.165, 1.54) is 18.4 Å². The number of amides is 1. The molecule has 2 aromatic carbocycles. The van der Waals surface area contributed by atoms with Gasteiger partial charge < -0.3 is 15.4 Å². The zero-order valence-electron chi connectivity index (χ0n) is 16.7. The maximum absolute atomic E-state index is 12.1. The molecular weight excluding hydrogens is 422 g/mol. The molecule has 0 atom stereocenters. The van der Waals surface area contributed by atoms with Gasteiger partial charge in [-0.25, -0.2) is 4.98 Å². The van der Waals surface area contributed by atoms with Crippen LogP contribution in [0.5, 0.6) is 0 Å². The van der Waals surface area contributed by atoms with E-state index >= 15 is 0 Å². The van der Waals surface area contributed by atoms with Crippen LogP contribution in [0.25, 0.3) is 11.3 Å². The van der Waals surface area contributed by atoms with Crippen LogP contribution in [-0.4, -0.2) is 30.5 Å². The van der Waals surface area contributed by atoms with Crippen LogP contribution >= 0.6 is 22.9 Å². The highest BCUT2D eigenvalue weighted by Crippen LogP contribution is 2.35. The second kappa shape index (κ2) is 9.73. The fraction of sp³-hybridized carbons (Fsp3) is 0.227. The van der Waals surface area contributed by atoms with Gasteiger partial charge in [-0.2, -0.15) is 0 Å². The largest absolute Gasteiger partial charge is 0.469 e. The van der Waals surface area contributed by atoms with E-state index in [-0.39, 0.29) is 12.4 Å². The van der Waals surface area contributed by atoms with E-state index in [2.05, 4.69) is 0 Å². The van der Waals surface area contributed by atoms with Gasteiger partial charge in [0.15, 0.2) is 5.13 Å². The first-order valence-corrected chi connectivity index (χ1v) is 10.5. The molecule has 1 amide bonds. The summed E-state index contributed by atoms with van der Waals surface area (Å²) in [6, 6.07) is 15.3. The number of hydrogen-bond donors (Lipinski definition) is 1. The van der Waals surface area contributed by atoms with Crippen molar-refractivity contribution in [2.24, 2.45) is 5.73 Å². The number of aromatic nitrogens is 1. The Bertz CT molecular complexity index is 1050. The van der Waals surface area contributed by atoms with Crippen molar-refractivity contribution < 1.29 is 14.3 Å². The summed E-state index contributed by atoms with van der Waals surface area (Å²) in [7, 11) is 1.36. The molecule has 0 spiro atoms. The third-order valence-electron chi connectivity index (χ3n) is 4.59. The van der Waals surface area contributed by atoms with Gasteiger partial charge in [0.2, 0.25) is 0 Å². The Hall–Kier alpha value is -2.90. The lowest BCUT2D eigenvalue weighted by atomic mass is 10.1. The first-order chi connectivity index (χ1) is 14.4. The van der Waals surface area contributed by atoms with E-state index in [0.29, 0.717) is 33.8 Å². The molecule has 6 nitrogen and oxygen atoms in total. The summed E-state index contributed by atoms with van der Waals surface area (Å²) in [4.78, 5) is 30.8. The van der Waals surface area contributed by atoms with Crippen molar-refractivity contribution in [3.63, 3.8) is 0 Å². The Balaban J connectivity index is 2.00. The predicted molar refractivity (Wildman–Crippen MR) is 120 cm³/mol. The summed E-state index contributed by atoms with van der Waals surface area (Å²) < 4.78 is 4.78. The van der Waals surface area contributed by atoms with Crippen LogP contribution in [-0.2, 0) is 16.1 Å². The molecule has 0 bridgehead atoms. The number of primary amides is 1. The predicted octanol–water partition coefficient (Wildman–Crippen LogP) is 4.44. The highest BCUT2D eigenvalue weighted by Gasteiger charge is 2.22. The van der Waals surface area contributed by atoms with Crippen LogP contribution in [0, 0.1) is 6.92 Å². The molecule has 0 aliphatic heterocycles. The van der Waals surface area contributed by atoms with Gasteiger partial charge in [0.25, 0.3) is 5.91 Å². The van der Waals surface area contributed by atoms with Crippen LogP contribution < -0.4 is 10.6 Å². The smallest absolute Gasteiger partial charge is 0.307 e. The first kappa shape index (κ1) is 21.8. The number of rotatable bonds is 8. The number of esters is 1. The van der Waals surface area contributed by atoms with Crippen LogP contribution in [0.2, 0.25) is 5.02 Å². The van der Waals surface area contributed by atoms with Crippen molar-refractivity contribution >= 4 is 39.9 Å². The van der Waals surface area contributed by atoms with Gasteiger partial charge in [-0.3, -0.25) is 9.59 Å². The first-order valence-electron chi connectivity index (χ1n) is 9.32. The summed E-state index contributed by atoms with van der Waals surface area (Å²) in [5, 5.41) is 1.19. The number of nitrogens with two attached hydrogens (primary N) is 1. The maximum atomic E-state index is 12.1. The van der Waals surface area contributed by atoms with Crippen molar-refractivity contribution in [3.05, 3.63) is 69.6 Å². The number of nitrogens with zero attached hydrogens (tertiary/aromatic N) is 2. The highest BCUT2D eigenvalue weighted by molar-refractivity contribution is 7.18. The van der Waals surface area contributed by atoms with Crippen molar-refractivity contribution in [2.75, 3.05) is 18.6 Å². The molecule has 0 aliphatic rings. The Labute approximate surface area is 184 Å². The van der Waals surface area contributed by atoms with E-state index in [9.17, 15) is 9.59 Å². The summed E-state index contributed by atoms with van der Waals surface area (Å²) in [5.41, 5.74) is 8.82. The van der Waals surface area contributed by atoms with Crippen molar-refractivity contribution in [1.82, 2.24) is 4.98 Å². The number of carbonyl (C=O) groups excluding carboxylic acids is 2. The average Bonchev–Trinajstić information content (AvgIpc) is 3.19. The third kappa shape index (κ3) is 5.17.